The summed E-state index contributed by atoms with van der Waals surface area (Å²) in [6, 6.07) is 0. The van der Waals surface area contributed by atoms with Gasteiger partial charge in [-0.3, -0.25) is 9.59 Å². The highest BCUT2D eigenvalue weighted by Gasteiger charge is 2.34. The van der Waals surface area contributed by atoms with Crippen LogP contribution in [0.15, 0.2) is 4.79 Å². The highest BCUT2D eigenvalue weighted by molar-refractivity contribution is 6.03. The molecule has 0 saturated carbocycles. The molecule has 0 saturated heterocycles. The molecule has 0 fully saturated rings. The monoisotopic (exact) mass is 263 g/mol. The van der Waals surface area contributed by atoms with E-state index in [0.29, 0.717) is 29.7 Å². The summed E-state index contributed by atoms with van der Waals surface area (Å²) in [5, 5.41) is 0. The predicted molar refractivity (Wildman–Crippen MR) is 69.6 cm³/mol. The second-order valence-electron chi connectivity index (χ2n) is 5.74. The molecule has 0 amide bonds. The van der Waals surface area contributed by atoms with E-state index in [1.165, 1.54) is 7.11 Å². The molecular weight excluding hydrogens is 246 g/mol. The van der Waals surface area contributed by atoms with Gasteiger partial charge < -0.3 is 9.72 Å². The van der Waals surface area contributed by atoms with Gasteiger partial charge in [-0.15, -0.1) is 0 Å². The second-order valence-corrected chi connectivity index (χ2v) is 5.74. The van der Waals surface area contributed by atoms with E-state index >= 15 is 0 Å². The Hall–Kier alpha value is -1.91. The van der Waals surface area contributed by atoms with Crippen LogP contribution in [-0.4, -0.2) is 23.8 Å². The number of pyridine rings is 1. The molecular formula is C14H17NO4. The summed E-state index contributed by atoms with van der Waals surface area (Å²) < 4.78 is 4.59. The number of aromatic nitrogens is 1. The molecule has 5 heteroatoms. The summed E-state index contributed by atoms with van der Waals surface area (Å²) in [7, 11) is 1.21. The molecule has 102 valence electrons. The normalized spacial score (nSPS) is 16.9. The lowest BCUT2D eigenvalue weighted by Gasteiger charge is -2.30. The molecule has 1 aliphatic rings. The number of ketones is 1. The average Bonchev–Trinajstić information content (AvgIpc) is 2.25. The van der Waals surface area contributed by atoms with Gasteiger partial charge in [-0.25, -0.2) is 4.79 Å². The molecule has 19 heavy (non-hydrogen) atoms. The predicted octanol–water partition coefficient (Wildman–Crippen LogP) is 1.63. The van der Waals surface area contributed by atoms with Gasteiger partial charge in [-0.1, -0.05) is 13.8 Å². The molecule has 0 aromatic carbocycles. The molecule has 1 N–H and O–H groups in total. The quantitative estimate of drug-likeness (QED) is 0.781. The summed E-state index contributed by atoms with van der Waals surface area (Å²) in [4.78, 5) is 38.5. The maximum atomic E-state index is 12.2. The number of Topliss-reactive ketones (excluding diaryl/α,β-unsaturated/α-hetero) is 1. The zero-order valence-corrected chi connectivity index (χ0v) is 11.5. The number of carbonyl (C=O) groups is 2. The standard InChI is InChI=1S/C14H17NO4/c1-7-10-8(5-14(2,3)6-9(10)16)15-12(17)11(7)13(18)19-4/h5-6H2,1-4H3,(H,15,17). The third kappa shape index (κ3) is 2.20. The molecule has 1 aliphatic carbocycles. The largest absolute Gasteiger partial charge is 0.465 e. The van der Waals surface area contributed by atoms with Crippen LogP contribution in [0.2, 0.25) is 0 Å². The molecule has 0 spiro atoms. The van der Waals surface area contributed by atoms with Gasteiger partial charge >= 0.3 is 5.97 Å². The molecule has 0 bridgehead atoms. The number of nitrogens with one attached hydrogen (secondary N) is 1. The molecule has 1 heterocycles. The van der Waals surface area contributed by atoms with Crippen molar-refractivity contribution < 1.29 is 14.3 Å². The van der Waals surface area contributed by atoms with Crippen LogP contribution in [0.3, 0.4) is 0 Å². The minimum Gasteiger partial charge on any atom is -0.465 e. The molecule has 2 rings (SSSR count). The lowest BCUT2D eigenvalue weighted by atomic mass is 9.74. The van der Waals surface area contributed by atoms with Crippen LogP contribution in [0.25, 0.3) is 0 Å². The fourth-order valence-corrected chi connectivity index (χ4v) is 2.71. The van der Waals surface area contributed by atoms with Gasteiger partial charge in [0, 0.05) is 17.7 Å². The Morgan fingerprint density at radius 3 is 2.47 bits per heavy atom. The van der Waals surface area contributed by atoms with Crippen LogP contribution >= 0.6 is 0 Å². The van der Waals surface area contributed by atoms with Crippen molar-refractivity contribution >= 4 is 11.8 Å². The minimum absolute atomic E-state index is 0.0369. The van der Waals surface area contributed by atoms with Crippen molar-refractivity contribution in [1.82, 2.24) is 4.98 Å². The van der Waals surface area contributed by atoms with Crippen LogP contribution in [0.4, 0.5) is 0 Å². The first kappa shape index (κ1) is 13.5. The number of H-pyrrole nitrogens is 1. The Morgan fingerprint density at radius 1 is 1.26 bits per heavy atom. The molecule has 0 atom stereocenters. The molecule has 1 aromatic heterocycles. The van der Waals surface area contributed by atoms with Crippen LogP contribution < -0.4 is 5.56 Å². The number of methoxy groups -OCH3 is 1. The third-order valence-electron chi connectivity index (χ3n) is 3.51. The summed E-state index contributed by atoms with van der Waals surface area (Å²) in [5.74, 6) is -0.746. The lowest BCUT2D eigenvalue weighted by molar-refractivity contribution is 0.0597. The van der Waals surface area contributed by atoms with Gasteiger partial charge in [0.2, 0.25) is 0 Å². The Labute approximate surface area is 111 Å². The van der Waals surface area contributed by atoms with Crippen molar-refractivity contribution in [2.24, 2.45) is 5.41 Å². The molecule has 0 unspecified atom stereocenters. The number of carbonyl (C=O) groups excluding carboxylic acids is 2. The highest BCUT2D eigenvalue weighted by Crippen LogP contribution is 2.34. The van der Waals surface area contributed by atoms with Crippen LogP contribution in [0, 0.1) is 12.3 Å². The van der Waals surface area contributed by atoms with Gasteiger partial charge in [0.15, 0.2) is 5.78 Å². The summed E-state index contributed by atoms with van der Waals surface area (Å²) in [6.45, 7) is 5.59. The van der Waals surface area contributed by atoms with E-state index in [9.17, 15) is 14.4 Å². The average molecular weight is 263 g/mol. The van der Waals surface area contributed by atoms with Gasteiger partial charge in [-0.05, 0) is 24.3 Å². The number of hydrogen-bond acceptors (Lipinski definition) is 4. The Kier molecular flexibility index (Phi) is 3.08. The van der Waals surface area contributed by atoms with Crippen molar-refractivity contribution in [3.05, 3.63) is 32.7 Å². The molecule has 0 radical (unpaired) electrons. The van der Waals surface area contributed by atoms with E-state index in [4.69, 9.17) is 0 Å². The van der Waals surface area contributed by atoms with E-state index in [1.54, 1.807) is 6.92 Å². The Morgan fingerprint density at radius 2 is 1.89 bits per heavy atom. The van der Waals surface area contributed by atoms with Crippen LogP contribution in [-0.2, 0) is 11.2 Å². The maximum Gasteiger partial charge on any atom is 0.343 e. The minimum atomic E-state index is -0.709. The first-order chi connectivity index (χ1) is 8.76. The van der Waals surface area contributed by atoms with E-state index in [2.05, 4.69) is 9.72 Å². The second kappa shape index (κ2) is 4.33. The van der Waals surface area contributed by atoms with Crippen molar-refractivity contribution in [3.8, 4) is 0 Å². The SMILES string of the molecule is COC(=O)c1c(C)c2c([nH]c1=O)CC(C)(C)CC2=O. The van der Waals surface area contributed by atoms with E-state index in [0.717, 1.165) is 0 Å². The van der Waals surface area contributed by atoms with Gasteiger partial charge in [0.25, 0.3) is 5.56 Å². The summed E-state index contributed by atoms with van der Waals surface area (Å²) >= 11 is 0. The number of fused-ring (bicyclic) bond motifs is 1. The fraction of sp³-hybridized carbons (Fsp3) is 0.500. The lowest BCUT2D eigenvalue weighted by Crippen LogP contribution is -2.33. The van der Waals surface area contributed by atoms with Crippen molar-refractivity contribution in [2.75, 3.05) is 7.11 Å². The first-order valence-corrected chi connectivity index (χ1v) is 6.14. The van der Waals surface area contributed by atoms with Crippen LogP contribution in [0.5, 0.6) is 0 Å². The summed E-state index contributed by atoms with van der Waals surface area (Å²) in [5.41, 5.74) is 0.774. The molecule has 0 aliphatic heterocycles. The Bertz CT molecular complexity index is 625. The van der Waals surface area contributed by atoms with Crippen molar-refractivity contribution in [2.45, 2.75) is 33.6 Å². The fourth-order valence-electron chi connectivity index (χ4n) is 2.71. The third-order valence-corrected chi connectivity index (χ3v) is 3.51. The number of rotatable bonds is 1. The van der Waals surface area contributed by atoms with Gasteiger partial charge in [0.05, 0.1) is 7.11 Å². The summed E-state index contributed by atoms with van der Waals surface area (Å²) in [6.07, 6.45) is 1.03. The smallest absolute Gasteiger partial charge is 0.343 e. The molecule has 5 nitrogen and oxygen atoms in total. The van der Waals surface area contributed by atoms with Crippen LogP contribution in [0.1, 0.15) is 52.2 Å². The number of aromatic amines is 1. The van der Waals surface area contributed by atoms with Gasteiger partial charge in [-0.2, -0.15) is 0 Å². The number of esters is 1. The number of ether oxygens (including phenoxy) is 1. The van der Waals surface area contributed by atoms with Crippen molar-refractivity contribution in [3.63, 3.8) is 0 Å². The zero-order chi connectivity index (χ0) is 14.4. The van der Waals surface area contributed by atoms with E-state index in [1.807, 2.05) is 13.8 Å². The molecule has 1 aromatic rings. The van der Waals surface area contributed by atoms with E-state index in [-0.39, 0.29) is 16.8 Å². The van der Waals surface area contributed by atoms with Crippen molar-refractivity contribution in [1.29, 1.82) is 0 Å². The topological polar surface area (TPSA) is 76.2 Å². The first-order valence-electron chi connectivity index (χ1n) is 6.14. The zero-order valence-electron chi connectivity index (χ0n) is 11.5. The number of hydrogen-bond donors (Lipinski definition) is 1. The van der Waals surface area contributed by atoms with Gasteiger partial charge in [0.1, 0.15) is 5.56 Å². The van der Waals surface area contributed by atoms with E-state index < -0.39 is 11.5 Å². The maximum absolute atomic E-state index is 12.2. The Balaban J connectivity index is 2.70. The highest BCUT2D eigenvalue weighted by atomic mass is 16.5.